The number of carboxylic acids is 1. The smallest absolute Gasteiger partial charge is 0.410 e. The van der Waals surface area contributed by atoms with Crippen LogP contribution in [-0.2, 0) is 27.4 Å². The highest BCUT2D eigenvalue weighted by Crippen LogP contribution is 2.42. The van der Waals surface area contributed by atoms with Gasteiger partial charge in [-0.1, -0.05) is 59.6 Å². The molecule has 13 nitrogen and oxygen atoms in total. The molecule has 1 saturated heterocycles. The topological polar surface area (TPSA) is 164 Å². The van der Waals surface area contributed by atoms with E-state index in [0.29, 0.717) is 86.5 Å². The molecule has 0 radical (unpaired) electrons. The number of pyridine rings is 2. The summed E-state index contributed by atoms with van der Waals surface area (Å²) in [5.74, 6) is -0.600. The standard InChI is InChI=1S/C42H44Cl2N6O7/c1-42(2,3)57-41(55)49(24-28-14-16-35(51)47-28)23-26-13-15-33(48-39(26)56-4)32-11-6-10-31(38(32)44)30-9-5-8-29(37(30)43)25-17-19-50-34(20-25)46-22-27(40(50)54)21-45-18-7-12-36(52)53/h5-6,8-11,13,15,17,19-20,22,28,45H,7,12,14,16,18,21,23-24H2,1-4H3,(H,47,51)(H,52,53)/t28-/m0/s1. The van der Waals surface area contributed by atoms with Gasteiger partial charge in [-0.3, -0.25) is 18.8 Å². The van der Waals surface area contributed by atoms with Crippen LogP contribution in [0.1, 0.15) is 57.6 Å². The third-order valence-electron chi connectivity index (χ3n) is 9.39. The number of halogens is 2. The number of methoxy groups -OCH3 is 1. The number of rotatable bonds is 14. The van der Waals surface area contributed by atoms with Crippen molar-refractivity contribution in [2.45, 2.75) is 71.2 Å². The van der Waals surface area contributed by atoms with Crippen molar-refractivity contribution in [1.29, 1.82) is 0 Å². The maximum atomic E-state index is 13.3. The molecule has 3 aromatic heterocycles. The Bertz CT molecular complexity index is 2380. The molecule has 0 aliphatic carbocycles. The monoisotopic (exact) mass is 814 g/mol. The lowest BCUT2D eigenvalue weighted by Crippen LogP contribution is -2.43. The van der Waals surface area contributed by atoms with Crippen LogP contribution in [0.4, 0.5) is 4.79 Å². The van der Waals surface area contributed by atoms with Gasteiger partial charge in [0.05, 0.1) is 29.4 Å². The predicted octanol–water partition coefficient (Wildman–Crippen LogP) is 7.38. The number of aromatic nitrogens is 3. The predicted molar refractivity (Wildman–Crippen MR) is 219 cm³/mol. The van der Waals surface area contributed by atoms with E-state index >= 15 is 0 Å². The fourth-order valence-corrected chi connectivity index (χ4v) is 7.28. The third kappa shape index (κ3) is 9.91. The van der Waals surface area contributed by atoms with Crippen LogP contribution in [-0.4, -0.2) is 74.2 Å². The van der Waals surface area contributed by atoms with Crippen molar-refractivity contribution in [3.8, 4) is 39.4 Å². The van der Waals surface area contributed by atoms with Gasteiger partial charge in [-0.15, -0.1) is 0 Å². The summed E-state index contributed by atoms with van der Waals surface area (Å²) >= 11 is 14.2. The Labute approximate surface area is 340 Å². The van der Waals surface area contributed by atoms with Crippen molar-refractivity contribution in [2.24, 2.45) is 0 Å². The number of carbonyl (C=O) groups is 3. The number of nitrogens with one attached hydrogen (secondary N) is 2. The van der Waals surface area contributed by atoms with Crippen LogP contribution in [0.25, 0.3) is 39.2 Å². The number of hydrogen-bond donors (Lipinski definition) is 3. The zero-order valence-electron chi connectivity index (χ0n) is 32.1. The maximum Gasteiger partial charge on any atom is 0.410 e. The van der Waals surface area contributed by atoms with E-state index in [-0.39, 0.29) is 43.6 Å². The van der Waals surface area contributed by atoms with Gasteiger partial charge in [0.15, 0.2) is 0 Å². The minimum Gasteiger partial charge on any atom is -0.481 e. The molecular formula is C42H44Cl2N6O7. The molecule has 0 bridgehead atoms. The Balaban J connectivity index is 1.25. The molecule has 1 aliphatic heterocycles. The van der Waals surface area contributed by atoms with Crippen molar-refractivity contribution >= 4 is 46.8 Å². The minimum absolute atomic E-state index is 0.0447. The molecule has 57 heavy (non-hydrogen) atoms. The highest BCUT2D eigenvalue weighted by atomic mass is 35.5. The summed E-state index contributed by atoms with van der Waals surface area (Å²) in [6.45, 7) is 6.55. The van der Waals surface area contributed by atoms with Crippen molar-refractivity contribution in [2.75, 3.05) is 20.2 Å². The largest absolute Gasteiger partial charge is 0.481 e. The summed E-state index contributed by atoms with van der Waals surface area (Å²) in [6.07, 6.45) is 4.21. The second kappa shape index (κ2) is 17.7. The van der Waals surface area contributed by atoms with Gasteiger partial charge in [0, 0.05) is 77.7 Å². The number of hydrogen-bond acceptors (Lipinski definition) is 9. The normalized spacial score (nSPS) is 14.1. The number of nitrogens with zero attached hydrogens (tertiary/aromatic N) is 4. The third-order valence-corrected chi connectivity index (χ3v) is 10.2. The summed E-state index contributed by atoms with van der Waals surface area (Å²) in [5.41, 5.74) is 4.62. The van der Waals surface area contributed by atoms with Crippen molar-refractivity contribution in [3.63, 3.8) is 0 Å². The number of amides is 2. The summed E-state index contributed by atoms with van der Waals surface area (Å²) < 4.78 is 12.9. The summed E-state index contributed by atoms with van der Waals surface area (Å²) in [6, 6.07) is 18.3. The molecule has 1 fully saturated rings. The number of fused-ring (bicyclic) bond motifs is 1. The van der Waals surface area contributed by atoms with Crippen molar-refractivity contribution < 1.29 is 29.0 Å². The van der Waals surface area contributed by atoms with E-state index < -0.39 is 17.7 Å². The van der Waals surface area contributed by atoms with E-state index in [9.17, 15) is 19.2 Å². The van der Waals surface area contributed by atoms with E-state index in [1.807, 2.05) is 48.5 Å². The van der Waals surface area contributed by atoms with Crippen LogP contribution in [0.5, 0.6) is 5.88 Å². The highest BCUT2D eigenvalue weighted by Gasteiger charge is 2.29. The SMILES string of the molecule is COc1nc(-c2cccc(-c3cccc(-c4ccn5c(=O)c(CNCCCC(=O)O)cnc5c4)c3Cl)c2Cl)ccc1CN(C[C@@H]1CCC(=O)N1)C(=O)OC(C)(C)C. The van der Waals surface area contributed by atoms with Gasteiger partial charge >= 0.3 is 12.1 Å². The molecule has 2 aromatic carbocycles. The molecule has 0 saturated carbocycles. The average Bonchev–Trinajstić information content (AvgIpc) is 3.59. The number of aliphatic carboxylic acids is 1. The molecule has 1 atom stereocenters. The maximum absolute atomic E-state index is 13.3. The first kappa shape index (κ1) is 41.1. The summed E-state index contributed by atoms with van der Waals surface area (Å²) in [7, 11) is 1.51. The minimum atomic E-state index is -0.862. The molecule has 6 rings (SSSR count). The average molecular weight is 816 g/mol. The van der Waals surface area contributed by atoms with Gasteiger partial charge in [-0.2, -0.15) is 0 Å². The fourth-order valence-electron chi connectivity index (χ4n) is 6.62. The van der Waals surface area contributed by atoms with E-state index in [4.69, 9.17) is 42.8 Å². The van der Waals surface area contributed by atoms with E-state index in [0.717, 1.165) is 5.56 Å². The molecule has 298 valence electrons. The van der Waals surface area contributed by atoms with Crippen LogP contribution in [0.15, 0.2) is 77.9 Å². The van der Waals surface area contributed by atoms with Crippen LogP contribution in [0, 0.1) is 0 Å². The zero-order valence-corrected chi connectivity index (χ0v) is 33.6. The first-order chi connectivity index (χ1) is 27.2. The summed E-state index contributed by atoms with van der Waals surface area (Å²) in [4.78, 5) is 60.0. The van der Waals surface area contributed by atoms with Gasteiger partial charge in [0.2, 0.25) is 11.8 Å². The molecule has 0 unspecified atom stereocenters. The Morgan fingerprint density at radius 3 is 2.37 bits per heavy atom. The summed E-state index contributed by atoms with van der Waals surface area (Å²) in [5, 5.41) is 15.7. The molecule has 1 aliphatic rings. The highest BCUT2D eigenvalue weighted by molar-refractivity contribution is 6.39. The number of benzene rings is 2. The van der Waals surface area contributed by atoms with E-state index in [1.54, 1.807) is 44.0 Å². The first-order valence-electron chi connectivity index (χ1n) is 18.5. The van der Waals surface area contributed by atoms with Gasteiger partial charge in [-0.25, -0.2) is 14.8 Å². The van der Waals surface area contributed by atoms with Crippen molar-refractivity contribution in [3.05, 3.63) is 105 Å². The lowest BCUT2D eigenvalue weighted by molar-refractivity contribution is -0.137. The Kier molecular flexibility index (Phi) is 12.8. The van der Waals surface area contributed by atoms with Crippen LogP contribution in [0.3, 0.4) is 0 Å². The number of carbonyl (C=O) groups excluding carboxylic acids is 2. The van der Waals surface area contributed by atoms with Crippen LogP contribution in [0.2, 0.25) is 10.0 Å². The van der Waals surface area contributed by atoms with E-state index in [2.05, 4.69) is 15.6 Å². The Hall–Kier alpha value is -5.50. The van der Waals surface area contributed by atoms with Crippen molar-refractivity contribution in [1.82, 2.24) is 29.9 Å². The van der Waals surface area contributed by atoms with Gasteiger partial charge < -0.3 is 30.1 Å². The fraction of sp³-hybridized carbons (Fsp3) is 0.333. The lowest BCUT2D eigenvalue weighted by Gasteiger charge is -2.29. The second-order valence-corrected chi connectivity index (χ2v) is 15.5. The molecule has 3 N–H and O–H groups in total. The Morgan fingerprint density at radius 2 is 1.70 bits per heavy atom. The van der Waals surface area contributed by atoms with Gasteiger partial charge in [-0.05, 0) is 70.0 Å². The molecule has 5 aromatic rings. The molecule has 2 amide bonds. The van der Waals surface area contributed by atoms with Gasteiger partial charge in [0.1, 0.15) is 11.2 Å². The first-order valence-corrected chi connectivity index (χ1v) is 19.3. The molecular weight excluding hydrogens is 771 g/mol. The quantitative estimate of drug-likeness (QED) is 0.0964. The van der Waals surface area contributed by atoms with E-state index in [1.165, 1.54) is 17.7 Å². The number of ether oxygens (including phenoxy) is 2. The molecule has 15 heteroatoms. The van der Waals surface area contributed by atoms with Crippen LogP contribution < -0.4 is 20.9 Å². The molecule has 0 spiro atoms. The zero-order chi connectivity index (χ0) is 40.9. The molecule has 4 heterocycles. The second-order valence-electron chi connectivity index (χ2n) is 14.8. The number of carboxylic acid groups (broad SMARTS) is 1. The lowest BCUT2D eigenvalue weighted by atomic mass is 9.97. The van der Waals surface area contributed by atoms with Gasteiger partial charge in [0.25, 0.3) is 5.56 Å². The Morgan fingerprint density at radius 1 is 1.00 bits per heavy atom. The van der Waals surface area contributed by atoms with Crippen LogP contribution >= 0.6 is 23.2 Å².